The van der Waals surface area contributed by atoms with Crippen LogP contribution < -0.4 is 5.32 Å². The Kier molecular flexibility index (Phi) is 5.90. The van der Waals surface area contributed by atoms with Gasteiger partial charge in [-0.25, -0.2) is 0 Å². The van der Waals surface area contributed by atoms with Crippen LogP contribution in [-0.2, 0) is 4.79 Å². The third-order valence-corrected chi connectivity index (χ3v) is 3.09. The highest BCUT2D eigenvalue weighted by Gasteiger charge is 2.00. The summed E-state index contributed by atoms with van der Waals surface area (Å²) in [5.41, 5.74) is 2.59. The van der Waals surface area contributed by atoms with Crippen LogP contribution in [-0.4, -0.2) is 18.2 Å². The third kappa shape index (κ3) is 5.64. The van der Waals surface area contributed by atoms with E-state index >= 15 is 0 Å². The Bertz CT molecular complexity index is 763. The second-order valence-corrected chi connectivity index (χ2v) is 4.96. The minimum Gasteiger partial charge on any atom is -0.342 e. The van der Waals surface area contributed by atoms with Gasteiger partial charge in [0, 0.05) is 11.6 Å². The van der Waals surface area contributed by atoms with Gasteiger partial charge in [-0.05, 0) is 24.5 Å². The van der Waals surface area contributed by atoms with Gasteiger partial charge in [-0.2, -0.15) is 0 Å². The molecule has 0 aliphatic rings. The van der Waals surface area contributed by atoms with E-state index in [-0.39, 0.29) is 18.2 Å². The zero-order chi connectivity index (χ0) is 16.5. The van der Waals surface area contributed by atoms with Crippen LogP contribution in [0.2, 0.25) is 0 Å². The predicted octanol–water partition coefficient (Wildman–Crippen LogP) is 3.01. The fraction of sp³-hybridized carbons (Fsp3) is 0.100. The summed E-state index contributed by atoms with van der Waals surface area (Å²) < 4.78 is 0. The molecule has 23 heavy (non-hydrogen) atoms. The lowest BCUT2D eigenvalue weighted by atomic mass is 10.1. The van der Waals surface area contributed by atoms with Crippen molar-refractivity contribution in [1.29, 1.82) is 0 Å². The Balaban J connectivity index is 1.81. The number of aryl methyl sites for hydroxylation is 1. The van der Waals surface area contributed by atoms with E-state index in [2.05, 4.69) is 17.2 Å². The number of benzene rings is 2. The molecule has 114 valence electrons. The molecule has 0 aromatic heterocycles. The smallest absolute Gasteiger partial charge is 0.244 e. The van der Waals surface area contributed by atoms with Gasteiger partial charge in [0.05, 0.1) is 6.54 Å². The van der Waals surface area contributed by atoms with Crippen molar-refractivity contribution >= 4 is 17.8 Å². The predicted molar refractivity (Wildman–Crippen MR) is 91.8 cm³/mol. The van der Waals surface area contributed by atoms with Crippen molar-refractivity contribution in [1.82, 2.24) is 5.32 Å². The van der Waals surface area contributed by atoms with Crippen LogP contribution >= 0.6 is 0 Å². The van der Waals surface area contributed by atoms with Gasteiger partial charge in [-0.1, -0.05) is 66.1 Å². The Morgan fingerprint density at radius 1 is 1.04 bits per heavy atom. The molecule has 2 aromatic rings. The molecule has 0 saturated heterocycles. The van der Waals surface area contributed by atoms with Gasteiger partial charge >= 0.3 is 0 Å². The van der Waals surface area contributed by atoms with E-state index in [1.165, 1.54) is 6.08 Å². The quantitative estimate of drug-likeness (QED) is 0.408. The summed E-state index contributed by atoms with van der Waals surface area (Å²) in [5, 5.41) is 2.62. The van der Waals surface area contributed by atoms with Gasteiger partial charge in [-0.3, -0.25) is 9.59 Å². The number of nitrogens with one attached hydrogen (secondary N) is 1. The molecular weight excluding hydrogens is 286 g/mol. The van der Waals surface area contributed by atoms with E-state index in [9.17, 15) is 9.59 Å². The van der Waals surface area contributed by atoms with Gasteiger partial charge < -0.3 is 5.32 Å². The lowest BCUT2D eigenvalue weighted by Gasteiger charge is -1.96. The summed E-state index contributed by atoms with van der Waals surface area (Å²) in [6.07, 6.45) is 3.17. The number of Topliss-reactive ketones (excluding diaryl/α,β-unsaturated/α-hetero) is 1. The van der Waals surface area contributed by atoms with Crippen LogP contribution in [0.5, 0.6) is 0 Å². The maximum Gasteiger partial charge on any atom is 0.244 e. The second-order valence-electron chi connectivity index (χ2n) is 4.96. The molecule has 0 aliphatic carbocycles. The number of hydrogen-bond acceptors (Lipinski definition) is 2. The standard InChI is InChI=1S/C20H17NO2/c1-16-9-12-18(13-10-16)19(22)8-5-15-21-20(23)14-11-17-6-3-2-4-7-17/h2-4,6-7,9-14H,15H2,1H3,(H,21,23)/b14-11+. The van der Waals surface area contributed by atoms with E-state index < -0.39 is 0 Å². The molecule has 1 N–H and O–H groups in total. The summed E-state index contributed by atoms with van der Waals surface area (Å²) in [5.74, 6) is 4.69. The van der Waals surface area contributed by atoms with Gasteiger partial charge in [0.15, 0.2) is 0 Å². The molecule has 0 radical (unpaired) electrons. The Morgan fingerprint density at radius 3 is 2.43 bits per heavy atom. The van der Waals surface area contributed by atoms with Crippen LogP contribution in [0.15, 0.2) is 60.7 Å². The summed E-state index contributed by atoms with van der Waals surface area (Å²) in [4.78, 5) is 23.4. The molecule has 0 aliphatic heterocycles. The lowest BCUT2D eigenvalue weighted by Crippen LogP contribution is -2.21. The first-order chi connectivity index (χ1) is 11.1. The number of ketones is 1. The van der Waals surface area contributed by atoms with Crippen molar-refractivity contribution in [2.45, 2.75) is 6.92 Å². The van der Waals surface area contributed by atoms with Crippen molar-refractivity contribution in [3.8, 4) is 11.8 Å². The normalized spacial score (nSPS) is 9.96. The molecular formula is C20H17NO2. The van der Waals surface area contributed by atoms with Crippen LogP contribution in [0.3, 0.4) is 0 Å². The highest BCUT2D eigenvalue weighted by atomic mass is 16.1. The number of carbonyl (C=O) groups excluding carboxylic acids is 2. The van der Waals surface area contributed by atoms with Crippen LogP contribution in [0.4, 0.5) is 0 Å². The largest absolute Gasteiger partial charge is 0.342 e. The molecule has 0 saturated carbocycles. The second kappa shape index (κ2) is 8.35. The molecule has 3 nitrogen and oxygen atoms in total. The first-order valence-corrected chi connectivity index (χ1v) is 7.26. The maximum atomic E-state index is 11.8. The van der Waals surface area contributed by atoms with Crippen molar-refractivity contribution in [3.63, 3.8) is 0 Å². The van der Waals surface area contributed by atoms with E-state index in [1.54, 1.807) is 18.2 Å². The van der Waals surface area contributed by atoms with E-state index in [0.717, 1.165) is 11.1 Å². The minimum absolute atomic E-state index is 0.134. The van der Waals surface area contributed by atoms with E-state index in [4.69, 9.17) is 0 Å². The Hall–Kier alpha value is -3.12. The Labute approximate surface area is 136 Å². The zero-order valence-electron chi connectivity index (χ0n) is 12.9. The first-order valence-electron chi connectivity index (χ1n) is 7.26. The monoisotopic (exact) mass is 303 g/mol. The van der Waals surface area contributed by atoms with Gasteiger partial charge in [0.2, 0.25) is 11.7 Å². The summed E-state index contributed by atoms with van der Waals surface area (Å²) in [7, 11) is 0. The summed E-state index contributed by atoms with van der Waals surface area (Å²) >= 11 is 0. The molecule has 2 aromatic carbocycles. The zero-order valence-corrected chi connectivity index (χ0v) is 12.9. The molecule has 2 rings (SSSR count). The molecule has 0 unspecified atom stereocenters. The van der Waals surface area contributed by atoms with Crippen molar-refractivity contribution in [2.24, 2.45) is 0 Å². The van der Waals surface area contributed by atoms with E-state index in [1.807, 2.05) is 49.4 Å². The summed E-state index contributed by atoms with van der Waals surface area (Å²) in [6, 6.07) is 16.8. The molecule has 0 fully saturated rings. The molecule has 0 bridgehead atoms. The molecule has 0 spiro atoms. The minimum atomic E-state index is -0.251. The average molecular weight is 303 g/mol. The lowest BCUT2D eigenvalue weighted by molar-refractivity contribution is -0.116. The SMILES string of the molecule is Cc1ccc(C(=O)C#CCNC(=O)/C=C/c2ccccc2)cc1. The summed E-state index contributed by atoms with van der Waals surface area (Å²) in [6.45, 7) is 2.09. The number of amides is 1. The van der Waals surface area contributed by atoms with Crippen molar-refractivity contribution in [2.75, 3.05) is 6.54 Å². The fourth-order valence-electron chi connectivity index (χ4n) is 1.83. The van der Waals surface area contributed by atoms with Crippen LogP contribution in [0, 0.1) is 18.8 Å². The number of rotatable bonds is 4. The highest BCUT2D eigenvalue weighted by molar-refractivity contribution is 6.09. The molecule has 3 heteroatoms. The fourth-order valence-corrected chi connectivity index (χ4v) is 1.83. The van der Waals surface area contributed by atoms with E-state index in [0.29, 0.717) is 5.56 Å². The van der Waals surface area contributed by atoms with Crippen LogP contribution in [0.25, 0.3) is 6.08 Å². The van der Waals surface area contributed by atoms with Gasteiger partial charge in [-0.15, -0.1) is 0 Å². The molecule has 0 atom stereocenters. The number of carbonyl (C=O) groups is 2. The maximum absolute atomic E-state index is 11.8. The highest BCUT2D eigenvalue weighted by Crippen LogP contribution is 2.03. The van der Waals surface area contributed by atoms with Gasteiger partial charge in [0.1, 0.15) is 0 Å². The van der Waals surface area contributed by atoms with Crippen LogP contribution in [0.1, 0.15) is 21.5 Å². The first kappa shape index (κ1) is 16.3. The third-order valence-electron chi connectivity index (χ3n) is 3.09. The van der Waals surface area contributed by atoms with Crippen molar-refractivity contribution < 1.29 is 9.59 Å². The average Bonchev–Trinajstić information content (AvgIpc) is 2.58. The Morgan fingerprint density at radius 2 is 1.74 bits per heavy atom. The topological polar surface area (TPSA) is 46.2 Å². The van der Waals surface area contributed by atoms with Gasteiger partial charge in [0.25, 0.3) is 0 Å². The molecule has 0 heterocycles. The van der Waals surface area contributed by atoms with Crippen molar-refractivity contribution in [3.05, 3.63) is 77.4 Å². The number of hydrogen-bond donors (Lipinski definition) is 1. The molecule has 1 amide bonds.